The molecule has 122 heavy (non-hydrogen) atoms. The largest absolute Gasteiger partial charge is 0.508 e. The van der Waals surface area contributed by atoms with Crippen LogP contribution in [0.4, 0.5) is 13.2 Å². The number of rotatable bonds is 45. The van der Waals surface area contributed by atoms with E-state index in [2.05, 4.69) is 84.1 Å². The number of carbonyl (C=O) groups is 13. The van der Waals surface area contributed by atoms with Gasteiger partial charge in [0.2, 0.25) is 65.0 Å². The minimum absolute atomic E-state index is 0.0250. The van der Waals surface area contributed by atoms with Gasteiger partial charge in [0.05, 0.1) is 0 Å². The number of halogens is 4. The lowest BCUT2D eigenvalue weighted by Crippen LogP contribution is -2.62. The highest BCUT2D eigenvalue weighted by atomic mass is 35.5. The monoisotopic (exact) mass is 1720 g/mol. The first-order chi connectivity index (χ1) is 58.0. The van der Waals surface area contributed by atoms with Crippen LogP contribution in [-0.4, -0.2) is 228 Å². The Morgan fingerprint density at radius 2 is 1.00 bits per heavy atom. The average Bonchev–Trinajstić information content (AvgIpc) is 1.61. The molecule has 17 N–H and O–H groups in total. The number of carboxylic acid groups (broad SMARTS) is 1. The number of ether oxygens (including phenoxy) is 1. The molecule has 1 aromatic heterocycles. The number of aromatic hydroxyl groups is 1. The Morgan fingerprint density at radius 1 is 0.549 bits per heavy atom. The smallest absolute Gasteiger partial charge is 0.490 e. The fraction of sp³-hybridized carbons (Fsp3) is 0.500. The van der Waals surface area contributed by atoms with E-state index in [-0.39, 0.29) is 76.0 Å². The Bertz CT molecular complexity index is 4360. The predicted molar refractivity (Wildman–Crippen MR) is 452 cm³/mol. The average molecular weight is 1730 g/mol. The molecule has 0 unspecified atom stereocenters. The van der Waals surface area contributed by atoms with E-state index in [0.717, 1.165) is 17.7 Å². The maximum absolute atomic E-state index is 15.3. The molecule has 0 spiro atoms. The van der Waals surface area contributed by atoms with Crippen LogP contribution in [0.5, 0.6) is 5.75 Å². The molecule has 6 rings (SSSR count). The van der Waals surface area contributed by atoms with E-state index in [1.807, 2.05) is 84.0 Å². The van der Waals surface area contributed by atoms with Crippen LogP contribution in [0.2, 0.25) is 5.02 Å². The minimum Gasteiger partial charge on any atom is -0.508 e. The first-order valence-corrected chi connectivity index (χ1v) is 41.1. The normalized spacial score (nSPS) is 14.9. The van der Waals surface area contributed by atoms with Gasteiger partial charge in [0.1, 0.15) is 72.8 Å². The summed E-state index contributed by atoms with van der Waals surface area (Å²) in [5.74, 6) is -11.5. The van der Waals surface area contributed by atoms with Gasteiger partial charge in [-0.1, -0.05) is 98.2 Å². The van der Waals surface area contributed by atoms with E-state index in [1.54, 1.807) is 36.4 Å². The summed E-state index contributed by atoms with van der Waals surface area (Å²) in [4.78, 5) is 195. The Morgan fingerprint density at radius 3 is 1.49 bits per heavy atom. The molecule has 5 aromatic rings. The number of unbranched alkanes of at least 4 members (excludes halogenated alkanes) is 2. The summed E-state index contributed by atoms with van der Waals surface area (Å²) >= 11 is 6.28. The number of aliphatic carboxylic acids is 1. The van der Waals surface area contributed by atoms with Crippen LogP contribution in [0.25, 0.3) is 10.8 Å². The number of hydrogen-bond donors (Lipinski definition) is 16. The van der Waals surface area contributed by atoms with Crippen molar-refractivity contribution in [2.24, 2.45) is 21.6 Å². The zero-order valence-corrected chi connectivity index (χ0v) is 70.9. The number of amides is 11. The number of hydrogen-bond acceptors (Lipinski definition) is 18. The van der Waals surface area contributed by atoms with Gasteiger partial charge in [0, 0.05) is 103 Å². The van der Waals surface area contributed by atoms with Crippen molar-refractivity contribution in [2.45, 2.75) is 212 Å². The number of alkyl halides is 3. The SMILES string of the molecule is CCN=C(NCC)NCCCC[C@H](NC(=O)[C@H](CC(C)C)NC(=O)[C@@H](CCCCNC(=NCC)NCC)NC(=O)[C@H](Cc1ccc(O)cc1)NC(=O)[C@H](COC(C)=O)NC(=O)[C@@H](Cc1cccnc1)NC(=O)[C@@H](Cc1ccc(Cl)cc1)NC(=O)[C@@H](Cc1ccc2ccccc2c1)NC(C)=O)C(=O)N1CCC[C@H]1C(=O)N[C@H](C)C(N)=O.O=C(O)C(F)(F)F. The first-order valence-electron chi connectivity index (χ1n) is 40.7. The van der Waals surface area contributed by atoms with Crippen molar-refractivity contribution in [2.75, 3.05) is 52.4 Å². The van der Waals surface area contributed by atoms with Crippen molar-refractivity contribution in [3.63, 3.8) is 0 Å². The third-order valence-corrected chi connectivity index (χ3v) is 19.3. The van der Waals surface area contributed by atoms with Gasteiger partial charge in [-0.2, -0.15) is 13.2 Å². The number of phenols is 1. The lowest BCUT2D eigenvalue weighted by molar-refractivity contribution is -0.192. The van der Waals surface area contributed by atoms with E-state index >= 15 is 28.8 Å². The number of primary amides is 1. The molecular weight excluding hydrogens is 1610 g/mol. The van der Waals surface area contributed by atoms with Crippen LogP contribution in [0.3, 0.4) is 0 Å². The Balaban J connectivity index is 0.00000361. The number of aromatic nitrogens is 1. The van der Waals surface area contributed by atoms with Crippen molar-refractivity contribution >= 4 is 111 Å². The van der Waals surface area contributed by atoms with Gasteiger partial charge in [-0.25, -0.2) is 4.79 Å². The van der Waals surface area contributed by atoms with Crippen molar-refractivity contribution in [1.29, 1.82) is 0 Å². The second-order valence-electron chi connectivity index (χ2n) is 29.4. The molecule has 4 aromatic carbocycles. The molecule has 1 aliphatic heterocycles. The molecule has 0 radical (unpaired) electrons. The summed E-state index contributed by atoms with van der Waals surface area (Å²) in [6.07, 6.45) is -0.373. The van der Waals surface area contributed by atoms with E-state index in [4.69, 9.17) is 32.0 Å². The van der Waals surface area contributed by atoms with Crippen LogP contribution < -0.4 is 74.9 Å². The highest BCUT2D eigenvalue weighted by Crippen LogP contribution is 2.23. The van der Waals surface area contributed by atoms with Gasteiger partial charge in [-0.05, 0) is 162 Å². The van der Waals surface area contributed by atoms with Gasteiger partial charge >= 0.3 is 18.1 Å². The lowest BCUT2D eigenvalue weighted by atomic mass is 9.99. The Kier molecular flexibility index (Phi) is 42.9. The summed E-state index contributed by atoms with van der Waals surface area (Å²) in [5, 5.41) is 57.4. The number of carboxylic acids is 1. The molecule has 0 bridgehead atoms. The number of guanidine groups is 2. The van der Waals surface area contributed by atoms with Crippen molar-refractivity contribution in [1.82, 2.24) is 79.0 Å². The fourth-order valence-electron chi connectivity index (χ4n) is 12.9. The predicted octanol–water partition coefficient (Wildman–Crippen LogP) is 3.48. The Labute approximate surface area is 712 Å². The number of nitrogens with zero attached hydrogens (tertiary/aromatic N) is 4. The molecule has 1 saturated heterocycles. The number of fused-ring (bicyclic) bond motifs is 1. The molecule has 0 saturated carbocycles. The van der Waals surface area contributed by atoms with Crippen LogP contribution in [0.15, 0.2) is 126 Å². The molecule has 2 heterocycles. The third-order valence-electron chi connectivity index (χ3n) is 19.0. The van der Waals surface area contributed by atoms with E-state index < -0.39 is 150 Å². The number of aliphatic imine (C=N–C) groups is 2. The number of nitrogens with two attached hydrogens (primary N) is 1. The standard InChI is InChI=1S/C82H115ClN18O14.C2HF3O2/c1-10-86-81(87-11-2)90-39-18-16-25-62(72(106)96-64(42-50(5)6)73(107)95-63(26-17-19-40-91-82(88-12-3)89-13-4)80(114)101-41-21-27-70(101)79(113)92-51(7)71(84)105)94-75(109)66(45-55-31-36-61(104)37-32-55)99-78(112)69(49-115-53(9)103)100-77(111)68(47-57-22-20-38-85-48-57)98-76(110)67(44-54-29-34-60(83)35-30-54)97-74(108)65(93-52(8)102)46-56-28-33-58-23-14-15-24-59(58)43-56;3-2(4,5)1(6)7/h14-15,20,22-24,28-38,43,48,50-51,62-70,104H,10-13,16-19,21,25-27,39-42,44-47,49H2,1-9H3,(H2,84,105)(H,92,113)(H,93,102)(H,94,109)(H,95,107)(H,96,106)(H,97,108)(H,98,110)(H,99,112)(H,100,111)(H2,86,87,90)(H2,88,89,91);(H,6,7)/t51-,62-,63+,64+,65-,66+,67-,68-,69+,70+;/m1./s1. The number of carbonyl (C=O) groups excluding carboxylic acids is 12. The first kappa shape index (κ1) is 100. The van der Waals surface area contributed by atoms with Gasteiger partial charge < -0.3 is 94.7 Å². The van der Waals surface area contributed by atoms with Crippen molar-refractivity contribution in [3.05, 3.63) is 143 Å². The molecule has 38 heteroatoms. The summed E-state index contributed by atoms with van der Waals surface area (Å²) in [7, 11) is 0. The maximum atomic E-state index is 15.3. The van der Waals surface area contributed by atoms with E-state index in [9.17, 15) is 47.0 Å². The number of benzene rings is 4. The van der Waals surface area contributed by atoms with Crippen LogP contribution in [0, 0.1) is 5.92 Å². The van der Waals surface area contributed by atoms with Gasteiger partial charge in [0.25, 0.3) is 0 Å². The maximum Gasteiger partial charge on any atom is 0.490 e. The number of esters is 1. The number of pyridine rings is 1. The Hall–Kier alpha value is -12.2. The topological polar surface area (TPSA) is 495 Å². The molecule has 0 aliphatic carbocycles. The molecule has 10 atom stereocenters. The number of likely N-dealkylation sites (tertiary alicyclic amines) is 1. The highest BCUT2D eigenvalue weighted by Gasteiger charge is 2.41. The van der Waals surface area contributed by atoms with Gasteiger partial charge in [-0.3, -0.25) is 72.5 Å². The second-order valence-corrected chi connectivity index (χ2v) is 29.9. The van der Waals surface area contributed by atoms with Crippen LogP contribution in [-0.2, 0) is 92.7 Å². The summed E-state index contributed by atoms with van der Waals surface area (Å²) in [5.41, 5.74) is 7.56. The highest BCUT2D eigenvalue weighted by molar-refractivity contribution is 6.30. The molecule has 34 nitrogen and oxygen atoms in total. The van der Waals surface area contributed by atoms with Gasteiger partial charge in [0.15, 0.2) is 11.9 Å². The zero-order valence-electron chi connectivity index (χ0n) is 70.2. The van der Waals surface area contributed by atoms with E-state index in [0.29, 0.717) is 104 Å². The summed E-state index contributed by atoms with van der Waals surface area (Å²) < 4.78 is 37.1. The fourth-order valence-corrected chi connectivity index (χ4v) is 13.1. The lowest BCUT2D eigenvalue weighted by Gasteiger charge is -2.31. The van der Waals surface area contributed by atoms with Crippen molar-refractivity contribution < 1.29 is 90.5 Å². The molecule has 11 amide bonds. The molecule has 666 valence electrons. The van der Waals surface area contributed by atoms with Crippen LogP contribution >= 0.6 is 11.6 Å². The number of phenolic OH excluding ortho intramolecular Hbond substituents is 1. The molecule has 1 fully saturated rings. The number of nitrogens with one attached hydrogen (secondary N) is 13. The second kappa shape index (κ2) is 52.1. The van der Waals surface area contributed by atoms with Gasteiger partial charge in [-0.15, -0.1) is 0 Å². The minimum atomic E-state index is -5.08. The molecule has 1 aliphatic rings. The molecular formula is C84H116ClF3N18O16. The summed E-state index contributed by atoms with van der Waals surface area (Å²) in [6, 6.07) is 15.0. The quantitative estimate of drug-likeness (QED) is 0.0115. The van der Waals surface area contributed by atoms with Crippen molar-refractivity contribution in [3.8, 4) is 5.75 Å². The third kappa shape index (κ3) is 36.0. The van der Waals surface area contributed by atoms with E-state index in [1.165, 1.54) is 55.4 Å². The van der Waals surface area contributed by atoms with Crippen LogP contribution in [0.1, 0.15) is 142 Å². The zero-order chi connectivity index (χ0) is 90.0. The summed E-state index contributed by atoms with van der Waals surface area (Å²) in [6.45, 7) is 17.4.